The minimum Gasteiger partial charge on any atom is -0.299 e. The topological polar surface area (TPSA) is 20.3 Å². The molecule has 0 aromatic heterocycles. The molecule has 1 aliphatic heterocycles. The van der Waals surface area contributed by atoms with Crippen LogP contribution in [0.4, 0.5) is 0 Å². The highest BCUT2D eigenvalue weighted by Gasteiger charge is 2.23. The third kappa shape index (κ3) is 4.70. The molecule has 1 heterocycles. The number of ketones is 1. The summed E-state index contributed by atoms with van der Waals surface area (Å²) < 4.78 is 0. The first-order chi connectivity index (χ1) is 9.97. The molecule has 1 aromatic rings. The highest BCUT2D eigenvalue weighted by atomic mass is 35.5. The Bertz CT molecular complexity index is 473. The molecule has 0 N–H and O–H groups in total. The molecule has 116 valence electrons. The normalized spacial score (nSPS) is 17.4. The standard InChI is InChI=1S/C17H23Cl2NO/c1-12(2)17(21)10-13-6-8-20(9-7-13)11-14-15(18)4-3-5-16(14)19/h3-5,12-13H,6-11H2,1-2H3. The van der Waals surface area contributed by atoms with Crippen molar-refractivity contribution in [3.05, 3.63) is 33.8 Å². The van der Waals surface area contributed by atoms with E-state index in [1.807, 2.05) is 32.0 Å². The zero-order valence-electron chi connectivity index (χ0n) is 12.7. The number of carbonyl (C=O) groups is 1. The van der Waals surface area contributed by atoms with Gasteiger partial charge in [-0.25, -0.2) is 0 Å². The van der Waals surface area contributed by atoms with Crippen molar-refractivity contribution in [3.63, 3.8) is 0 Å². The van der Waals surface area contributed by atoms with Crippen molar-refractivity contribution in [3.8, 4) is 0 Å². The van der Waals surface area contributed by atoms with Gasteiger partial charge in [0.2, 0.25) is 0 Å². The minimum atomic E-state index is 0.157. The molecule has 21 heavy (non-hydrogen) atoms. The number of carbonyl (C=O) groups excluding carboxylic acids is 1. The number of benzene rings is 1. The van der Waals surface area contributed by atoms with Gasteiger partial charge in [0, 0.05) is 34.5 Å². The quantitative estimate of drug-likeness (QED) is 0.772. The molecule has 1 aromatic carbocycles. The van der Waals surface area contributed by atoms with E-state index in [1.54, 1.807) is 0 Å². The first kappa shape index (κ1) is 16.8. The van der Waals surface area contributed by atoms with Gasteiger partial charge in [-0.15, -0.1) is 0 Å². The van der Waals surface area contributed by atoms with Crippen molar-refractivity contribution in [2.24, 2.45) is 11.8 Å². The van der Waals surface area contributed by atoms with Crippen LogP contribution in [-0.2, 0) is 11.3 Å². The fourth-order valence-corrected chi connectivity index (χ4v) is 3.29. The van der Waals surface area contributed by atoms with Crippen LogP contribution >= 0.6 is 23.2 Å². The van der Waals surface area contributed by atoms with E-state index in [2.05, 4.69) is 4.90 Å². The van der Waals surface area contributed by atoms with Gasteiger partial charge < -0.3 is 0 Å². The van der Waals surface area contributed by atoms with E-state index < -0.39 is 0 Å². The van der Waals surface area contributed by atoms with Crippen LogP contribution in [0.25, 0.3) is 0 Å². The minimum absolute atomic E-state index is 0.157. The van der Waals surface area contributed by atoms with E-state index in [4.69, 9.17) is 23.2 Å². The van der Waals surface area contributed by atoms with Gasteiger partial charge in [-0.1, -0.05) is 43.1 Å². The van der Waals surface area contributed by atoms with Crippen molar-refractivity contribution < 1.29 is 4.79 Å². The summed E-state index contributed by atoms with van der Waals surface area (Å²) in [7, 11) is 0. The number of nitrogens with zero attached hydrogens (tertiary/aromatic N) is 1. The molecule has 0 unspecified atom stereocenters. The monoisotopic (exact) mass is 327 g/mol. The molecule has 0 aliphatic carbocycles. The summed E-state index contributed by atoms with van der Waals surface area (Å²) in [6.45, 7) is 6.78. The number of piperidine rings is 1. The molecule has 2 rings (SSSR count). The van der Waals surface area contributed by atoms with Crippen molar-refractivity contribution in [1.82, 2.24) is 4.90 Å². The van der Waals surface area contributed by atoms with Crippen LogP contribution in [0.3, 0.4) is 0 Å². The Morgan fingerprint density at radius 3 is 2.33 bits per heavy atom. The lowest BCUT2D eigenvalue weighted by molar-refractivity contribution is -0.123. The van der Waals surface area contributed by atoms with Crippen LogP contribution in [0.15, 0.2) is 18.2 Å². The first-order valence-corrected chi connectivity index (χ1v) is 8.41. The average molecular weight is 328 g/mol. The van der Waals surface area contributed by atoms with Crippen LogP contribution in [0.1, 0.15) is 38.7 Å². The van der Waals surface area contributed by atoms with Crippen molar-refractivity contribution >= 4 is 29.0 Å². The smallest absolute Gasteiger partial charge is 0.135 e. The Hall–Kier alpha value is -0.570. The fourth-order valence-electron chi connectivity index (χ4n) is 2.78. The lowest BCUT2D eigenvalue weighted by atomic mass is 9.89. The number of Topliss-reactive ketones (excluding diaryl/α,β-unsaturated/α-hetero) is 1. The zero-order valence-corrected chi connectivity index (χ0v) is 14.3. The van der Waals surface area contributed by atoms with Gasteiger partial charge >= 0.3 is 0 Å². The predicted molar refractivity (Wildman–Crippen MR) is 88.9 cm³/mol. The molecule has 1 aliphatic rings. The van der Waals surface area contributed by atoms with Gasteiger partial charge in [-0.05, 0) is 44.0 Å². The summed E-state index contributed by atoms with van der Waals surface area (Å²) in [4.78, 5) is 14.2. The molecule has 0 spiro atoms. The number of likely N-dealkylation sites (tertiary alicyclic amines) is 1. The zero-order chi connectivity index (χ0) is 15.4. The second-order valence-corrected chi connectivity index (χ2v) is 7.06. The lowest BCUT2D eigenvalue weighted by Gasteiger charge is -2.32. The molecule has 4 heteroatoms. The average Bonchev–Trinajstić information content (AvgIpc) is 2.44. The first-order valence-electron chi connectivity index (χ1n) is 7.65. The van der Waals surface area contributed by atoms with E-state index in [9.17, 15) is 4.79 Å². The van der Waals surface area contributed by atoms with Gasteiger partial charge in [0.15, 0.2) is 0 Å². The second kappa shape index (κ2) is 7.62. The number of rotatable bonds is 5. The molecule has 1 saturated heterocycles. The van der Waals surface area contributed by atoms with E-state index in [-0.39, 0.29) is 5.92 Å². The van der Waals surface area contributed by atoms with Gasteiger partial charge in [0.25, 0.3) is 0 Å². The molecular formula is C17H23Cl2NO. The number of hydrogen-bond donors (Lipinski definition) is 0. The molecular weight excluding hydrogens is 305 g/mol. The van der Waals surface area contributed by atoms with Gasteiger partial charge in [-0.2, -0.15) is 0 Å². The molecule has 0 bridgehead atoms. The van der Waals surface area contributed by atoms with Crippen LogP contribution < -0.4 is 0 Å². The number of hydrogen-bond acceptors (Lipinski definition) is 2. The van der Waals surface area contributed by atoms with Crippen LogP contribution in [0.2, 0.25) is 10.0 Å². The maximum atomic E-state index is 11.8. The van der Waals surface area contributed by atoms with Crippen LogP contribution in [-0.4, -0.2) is 23.8 Å². The van der Waals surface area contributed by atoms with Crippen molar-refractivity contribution in [1.29, 1.82) is 0 Å². The molecule has 0 radical (unpaired) electrons. The molecule has 0 amide bonds. The summed E-state index contributed by atoms with van der Waals surface area (Å²) >= 11 is 12.5. The Kier molecular flexibility index (Phi) is 6.09. The summed E-state index contributed by atoms with van der Waals surface area (Å²) in [5.41, 5.74) is 1.01. The Morgan fingerprint density at radius 1 is 1.24 bits per heavy atom. The van der Waals surface area contributed by atoms with E-state index in [1.165, 1.54) is 0 Å². The molecule has 2 nitrogen and oxygen atoms in total. The highest BCUT2D eigenvalue weighted by Crippen LogP contribution is 2.28. The third-order valence-corrected chi connectivity index (χ3v) is 4.99. The van der Waals surface area contributed by atoms with Crippen LogP contribution in [0.5, 0.6) is 0 Å². The third-order valence-electron chi connectivity index (χ3n) is 4.28. The van der Waals surface area contributed by atoms with E-state index >= 15 is 0 Å². The number of halogens is 2. The van der Waals surface area contributed by atoms with Crippen LogP contribution in [0, 0.1) is 11.8 Å². The summed E-state index contributed by atoms with van der Waals surface area (Å²) in [5.74, 6) is 1.09. The highest BCUT2D eigenvalue weighted by molar-refractivity contribution is 6.35. The largest absolute Gasteiger partial charge is 0.299 e. The summed E-state index contributed by atoms with van der Waals surface area (Å²) in [6.07, 6.45) is 2.90. The Labute approximate surface area is 137 Å². The van der Waals surface area contributed by atoms with Gasteiger partial charge in [0.05, 0.1) is 0 Å². The van der Waals surface area contributed by atoms with Crippen molar-refractivity contribution in [2.45, 2.75) is 39.7 Å². The molecule has 0 atom stereocenters. The summed E-state index contributed by atoms with van der Waals surface area (Å²) in [5, 5.41) is 1.47. The lowest BCUT2D eigenvalue weighted by Crippen LogP contribution is -2.34. The second-order valence-electron chi connectivity index (χ2n) is 6.24. The van der Waals surface area contributed by atoms with Crippen molar-refractivity contribution in [2.75, 3.05) is 13.1 Å². The maximum absolute atomic E-state index is 11.8. The predicted octanol–water partition coefficient (Wildman–Crippen LogP) is 4.82. The van der Waals surface area contributed by atoms with E-state index in [0.29, 0.717) is 11.7 Å². The Morgan fingerprint density at radius 2 is 1.81 bits per heavy atom. The van der Waals surface area contributed by atoms with Gasteiger partial charge in [0.1, 0.15) is 5.78 Å². The Balaban J connectivity index is 1.86. The SMILES string of the molecule is CC(C)C(=O)CC1CCN(Cc2c(Cl)cccc2Cl)CC1. The van der Waals surface area contributed by atoms with E-state index in [0.717, 1.165) is 54.5 Å². The molecule has 1 fully saturated rings. The maximum Gasteiger partial charge on any atom is 0.135 e. The fraction of sp³-hybridized carbons (Fsp3) is 0.588. The molecule has 0 saturated carbocycles. The van der Waals surface area contributed by atoms with Gasteiger partial charge in [-0.3, -0.25) is 9.69 Å². The summed E-state index contributed by atoms with van der Waals surface area (Å²) in [6, 6.07) is 5.64.